The molecule has 17 heavy (non-hydrogen) atoms. The molecule has 4 atom stereocenters. The van der Waals surface area contributed by atoms with E-state index < -0.39 is 0 Å². The van der Waals surface area contributed by atoms with Crippen molar-refractivity contribution in [3.8, 4) is 0 Å². The number of carbonyl (C=O) groups excluding carboxylic acids is 1. The number of hydrogen-bond acceptors (Lipinski definition) is 3. The van der Waals surface area contributed by atoms with Crippen LogP contribution in [0.1, 0.15) is 32.6 Å². The van der Waals surface area contributed by atoms with Crippen molar-refractivity contribution in [3.63, 3.8) is 0 Å². The summed E-state index contributed by atoms with van der Waals surface area (Å²) in [6.07, 6.45) is 6.69. The Hall–Kier alpha value is -1.09. The van der Waals surface area contributed by atoms with Gasteiger partial charge in [-0.2, -0.15) is 0 Å². The lowest BCUT2D eigenvalue weighted by molar-refractivity contribution is -0.140. The molecule has 0 aromatic heterocycles. The molecule has 2 fully saturated rings. The average Bonchev–Trinajstić information content (AvgIpc) is 3.00. The molecule has 0 aromatic carbocycles. The third-order valence-corrected chi connectivity index (χ3v) is 4.09. The van der Waals surface area contributed by atoms with Crippen LogP contribution in [-0.4, -0.2) is 24.3 Å². The van der Waals surface area contributed by atoms with Crippen LogP contribution in [0.25, 0.3) is 0 Å². The highest BCUT2D eigenvalue weighted by Gasteiger charge is 2.53. The average molecular weight is 234 g/mol. The number of esters is 1. The van der Waals surface area contributed by atoms with Gasteiger partial charge in [-0.25, -0.2) is 4.79 Å². The zero-order valence-electron chi connectivity index (χ0n) is 10.1. The molecular formula is C14H18O3. The standard InChI is InChI=1S/C14H18O3/c1-8-4-3-5-11-13(16-11)12-10(7-6-8)9(2)14(15)17-12/h4,10-13H,2-3,5-7H2,1H3/b8-4+/t10-,11+,12-,13+/m0/s1. The summed E-state index contributed by atoms with van der Waals surface area (Å²) in [4.78, 5) is 11.6. The van der Waals surface area contributed by atoms with Gasteiger partial charge in [0.25, 0.3) is 0 Å². The van der Waals surface area contributed by atoms with E-state index in [2.05, 4.69) is 19.6 Å². The molecule has 3 rings (SSSR count). The van der Waals surface area contributed by atoms with Gasteiger partial charge in [0, 0.05) is 11.5 Å². The minimum absolute atomic E-state index is 0.0779. The second kappa shape index (κ2) is 3.98. The summed E-state index contributed by atoms with van der Waals surface area (Å²) in [5, 5.41) is 0. The lowest BCUT2D eigenvalue weighted by Crippen LogP contribution is -2.25. The van der Waals surface area contributed by atoms with E-state index in [0.29, 0.717) is 5.57 Å². The van der Waals surface area contributed by atoms with Gasteiger partial charge in [-0.15, -0.1) is 0 Å². The number of fused-ring (bicyclic) bond motifs is 3. The summed E-state index contributed by atoms with van der Waals surface area (Å²) >= 11 is 0. The van der Waals surface area contributed by atoms with Crippen molar-refractivity contribution in [1.82, 2.24) is 0 Å². The van der Waals surface area contributed by atoms with E-state index in [0.717, 1.165) is 25.7 Å². The van der Waals surface area contributed by atoms with Gasteiger partial charge < -0.3 is 9.47 Å². The fourth-order valence-corrected chi connectivity index (χ4v) is 2.92. The predicted octanol–water partition coefficient (Wildman–Crippen LogP) is 2.37. The fourth-order valence-electron chi connectivity index (χ4n) is 2.92. The first kappa shape index (κ1) is 11.0. The first-order valence-corrected chi connectivity index (χ1v) is 6.37. The maximum atomic E-state index is 11.6. The van der Waals surface area contributed by atoms with E-state index in [1.54, 1.807) is 0 Å². The summed E-state index contributed by atoms with van der Waals surface area (Å²) in [5.74, 6) is -0.0749. The smallest absolute Gasteiger partial charge is 0.334 e. The normalized spacial score (nSPS) is 44.2. The molecular weight excluding hydrogens is 216 g/mol. The molecule has 3 aliphatic rings. The van der Waals surface area contributed by atoms with Gasteiger partial charge in [-0.05, 0) is 32.6 Å². The highest BCUT2D eigenvalue weighted by atomic mass is 16.6. The van der Waals surface area contributed by atoms with Gasteiger partial charge in [0.05, 0.1) is 6.10 Å². The van der Waals surface area contributed by atoms with Crippen molar-refractivity contribution >= 4 is 5.97 Å². The highest BCUT2D eigenvalue weighted by molar-refractivity contribution is 5.90. The van der Waals surface area contributed by atoms with Crippen LogP contribution in [0, 0.1) is 5.92 Å². The molecule has 3 nitrogen and oxygen atoms in total. The topological polar surface area (TPSA) is 38.8 Å². The van der Waals surface area contributed by atoms with E-state index in [-0.39, 0.29) is 30.2 Å². The van der Waals surface area contributed by atoms with Crippen molar-refractivity contribution in [2.75, 3.05) is 0 Å². The Morgan fingerprint density at radius 2 is 2.18 bits per heavy atom. The van der Waals surface area contributed by atoms with E-state index in [1.807, 2.05) is 0 Å². The van der Waals surface area contributed by atoms with Crippen molar-refractivity contribution in [1.29, 1.82) is 0 Å². The maximum absolute atomic E-state index is 11.6. The maximum Gasteiger partial charge on any atom is 0.334 e. The third kappa shape index (κ3) is 1.93. The SMILES string of the molecule is C=C1C(=O)O[C@@H]2[C@@H]3O[C@@H]3CC/C=C(\C)CC[C@@H]12. The Morgan fingerprint density at radius 3 is 3.00 bits per heavy atom. The van der Waals surface area contributed by atoms with Gasteiger partial charge in [0.15, 0.2) is 0 Å². The van der Waals surface area contributed by atoms with Crippen molar-refractivity contribution in [2.24, 2.45) is 5.92 Å². The molecule has 2 heterocycles. The van der Waals surface area contributed by atoms with Gasteiger partial charge >= 0.3 is 5.97 Å². The van der Waals surface area contributed by atoms with Gasteiger partial charge in [-0.1, -0.05) is 18.2 Å². The Bertz CT molecular complexity index is 396. The number of ether oxygens (including phenoxy) is 2. The minimum atomic E-state index is -0.227. The predicted molar refractivity (Wildman–Crippen MR) is 63.4 cm³/mol. The molecule has 0 aromatic rings. The molecule has 0 amide bonds. The monoisotopic (exact) mass is 234 g/mol. The summed E-state index contributed by atoms with van der Waals surface area (Å²) in [6, 6.07) is 0. The number of carbonyl (C=O) groups is 1. The van der Waals surface area contributed by atoms with E-state index in [4.69, 9.17) is 9.47 Å². The summed E-state index contributed by atoms with van der Waals surface area (Å²) in [7, 11) is 0. The van der Waals surface area contributed by atoms with E-state index in [9.17, 15) is 4.79 Å². The molecule has 3 heteroatoms. The van der Waals surface area contributed by atoms with Crippen LogP contribution in [0.3, 0.4) is 0 Å². The molecule has 0 unspecified atom stereocenters. The van der Waals surface area contributed by atoms with Crippen molar-refractivity contribution in [3.05, 3.63) is 23.8 Å². The molecule has 2 aliphatic heterocycles. The first-order valence-electron chi connectivity index (χ1n) is 6.37. The molecule has 1 aliphatic carbocycles. The largest absolute Gasteiger partial charge is 0.455 e. The molecule has 0 spiro atoms. The van der Waals surface area contributed by atoms with Gasteiger partial charge in [-0.3, -0.25) is 0 Å². The van der Waals surface area contributed by atoms with Crippen LogP contribution in [0.4, 0.5) is 0 Å². The lowest BCUT2D eigenvalue weighted by Gasteiger charge is -2.17. The second-order valence-electron chi connectivity index (χ2n) is 5.31. The van der Waals surface area contributed by atoms with Gasteiger partial charge in [0.2, 0.25) is 0 Å². The van der Waals surface area contributed by atoms with E-state index >= 15 is 0 Å². The van der Waals surface area contributed by atoms with Crippen LogP contribution in [0.5, 0.6) is 0 Å². The second-order valence-corrected chi connectivity index (χ2v) is 5.31. The molecule has 92 valence electrons. The van der Waals surface area contributed by atoms with Gasteiger partial charge in [0.1, 0.15) is 12.2 Å². The molecule has 0 radical (unpaired) electrons. The van der Waals surface area contributed by atoms with Crippen LogP contribution in [-0.2, 0) is 14.3 Å². The Balaban J connectivity index is 1.82. The number of epoxide rings is 1. The summed E-state index contributed by atoms with van der Waals surface area (Å²) < 4.78 is 11.1. The Morgan fingerprint density at radius 1 is 1.35 bits per heavy atom. The number of allylic oxidation sites excluding steroid dienone is 2. The van der Waals surface area contributed by atoms with Crippen molar-refractivity contribution in [2.45, 2.75) is 50.9 Å². The number of hydrogen-bond donors (Lipinski definition) is 0. The first-order chi connectivity index (χ1) is 8.16. The third-order valence-electron chi connectivity index (χ3n) is 4.09. The van der Waals surface area contributed by atoms with Crippen LogP contribution < -0.4 is 0 Å². The molecule has 0 saturated carbocycles. The molecule has 0 bridgehead atoms. The summed E-state index contributed by atoms with van der Waals surface area (Å²) in [5.41, 5.74) is 2.03. The lowest BCUT2D eigenvalue weighted by atomic mass is 9.87. The van der Waals surface area contributed by atoms with Crippen LogP contribution >= 0.6 is 0 Å². The Kier molecular flexibility index (Phi) is 2.58. The fraction of sp³-hybridized carbons (Fsp3) is 0.643. The molecule has 0 N–H and O–H groups in total. The van der Waals surface area contributed by atoms with Crippen LogP contribution in [0.2, 0.25) is 0 Å². The zero-order chi connectivity index (χ0) is 12.0. The summed E-state index contributed by atoms with van der Waals surface area (Å²) in [6.45, 7) is 6.03. The highest BCUT2D eigenvalue weighted by Crippen LogP contribution is 2.42. The van der Waals surface area contributed by atoms with Crippen LogP contribution in [0.15, 0.2) is 23.8 Å². The van der Waals surface area contributed by atoms with E-state index in [1.165, 1.54) is 5.57 Å². The molecule has 2 saturated heterocycles. The minimum Gasteiger partial charge on any atom is -0.455 e. The quantitative estimate of drug-likeness (QED) is 0.279. The number of rotatable bonds is 0. The van der Waals surface area contributed by atoms with Crippen molar-refractivity contribution < 1.29 is 14.3 Å². The zero-order valence-corrected chi connectivity index (χ0v) is 10.1. The Labute approximate surface area is 101 Å².